The van der Waals surface area contributed by atoms with Crippen molar-refractivity contribution in [3.63, 3.8) is 0 Å². The number of carbonyl (C=O) groups is 2. The number of hydrogen-bond donors (Lipinski definition) is 3. The molecule has 2 atom stereocenters. The number of aliphatic carboxylic acids is 1. The average molecular weight is 355 g/mol. The van der Waals surface area contributed by atoms with Crippen molar-refractivity contribution in [3.8, 4) is 0 Å². The van der Waals surface area contributed by atoms with Crippen LogP contribution in [0.3, 0.4) is 0 Å². The average Bonchev–Trinajstić information content (AvgIpc) is 2.49. The van der Waals surface area contributed by atoms with Crippen molar-refractivity contribution in [1.29, 1.82) is 0 Å². The highest BCUT2D eigenvalue weighted by atomic mass is 19.4. The van der Waals surface area contributed by atoms with Crippen molar-refractivity contribution < 1.29 is 32.6 Å². The number of alkyl halides is 3. The molecule has 0 aromatic carbocycles. The number of morpholine rings is 1. The van der Waals surface area contributed by atoms with E-state index in [1.54, 1.807) is 0 Å². The first-order chi connectivity index (χ1) is 11.1. The molecule has 1 amide bonds. The van der Waals surface area contributed by atoms with E-state index in [-0.39, 0.29) is 18.1 Å². The van der Waals surface area contributed by atoms with Gasteiger partial charge in [0.05, 0.1) is 6.10 Å². The van der Waals surface area contributed by atoms with E-state index in [0.29, 0.717) is 12.6 Å². The third-order valence-electron chi connectivity index (χ3n) is 3.76. The molecule has 2 rings (SSSR count). The normalized spacial score (nSPS) is 26.2. The number of nitrogens with zero attached hydrogens (tertiary/aromatic N) is 1. The summed E-state index contributed by atoms with van der Waals surface area (Å²) in [6.07, 6.45) is -3.20. The van der Waals surface area contributed by atoms with Gasteiger partial charge >= 0.3 is 12.1 Å². The molecule has 0 saturated carbocycles. The summed E-state index contributed by atoms with van der Waals surface area (Å²) < 4.78 is 37.4. The number of piperidine rings is 1. The Hall–Kier alpha value is -1.39. The Morgan fingerprint density at radius 1 is 1.25 bits per heavy atom. The SMILES string of the molecule is C[C@@H]1CNC[C@H](C(=O)NC2CCN(C)CC2)O1.O=C(O)C(F)(F)F. The Labute approximate surface area is 138 Å². The van der Waals surface area contributed by atoms with E-state index >= 15 is 0 Å². The summed E-state index contributed by atoms with van der Waals surface area (Å²) in [5.74, 6) is -2.72. The van der Waals surface area contributed by atoms with E-state index in [4.69, 9.17) is 14.6 Å². The van der Waals surface area contributed by atoms with Gasteiger partial charge in [-0.3, -0.25) is 4.79 Å². The monoisotopic (exact) mass is 355 g/mol. The topological polar surface area (TPSA) is 90.9 Å². The highest BCUT2D eigenvalue weighted by Crippen LogP contribution is 2.13. The van der Waals surface area contributed by atoms with Gasteiger partial charge in [0.25, 0.3) is 5.91 Å². The minimum atomic E-state index is -5.08. The smallest absolute Gasteiger partial charge is 0.475 e. The van der Waals surface area contributed by atoms with Gasteiger partial charge in [-0.15, -0.1) is 0 Å². The van der Waals surface area contributed by atoms with Crippen LogP contribution in [0.4, 0.5) is 13.2 Å². The molecule has 0 aromatic heterocycles. The summed E-state index contributed by atoms with van der Waals surface area (Å²) in [6, 6.07) is 0.319. The lowest BCUT2D eigenvalue weighted by Crippen LogP contribution is -2.53. The molecular weight excluding hydrogens is 331 g/mol. The molecule has 2 saturated heterocycles. The molecule has 3 N–H and O–H groups in total. The molecule has 24 heavy (non-hydrogen) atoms. The predicted octanol–water partition coefficient (Wildman–Crippen LogP) is 0.207. The molecule has 0 aromatic rings. The number of hydrogen-bond acceptors (Lipinski definition) is 5. The van der Waals surface area contributed by atoms with Gasteiger partial charge in [-0.05, 0) is 39.9 Å². The fraction of sp³-hybridized carbons (Fsp3) is 0.857. The van der Waals surface area contributed by atoms with Crippen LogP contribution in [0.5, 0.6) is 0 Å². The van der Waals surface area contributed by atoms with Crippen LogP contribution in [0, 0.1) is 0 Å². The van der Waals surface area contributed by atoms with Crippen LogP contribution in [0.2, 0.25) is 0 Å². The minimum absolute atomic E-state index is 0.0404. The molecular formula is C14H24F3N3O4. The molecule has 7 nitrogen and oxygen atoms in total. The second kappa shape index (κ2) is 9.19. The number of ether oxygens (including phenoxy) is 1. The molecule has 140 valence electrons. The van der Waals surface area contributed by atoms with Crippen LogP contribution in [0.25, 0.3) is 0 Å². The van der Waals surface area contributed by atoms with Crippen LogP contribution in [-0.2, 0) is 14.3 Å². The molecule has 2 fully saturated rings. The van der Waals surface area contributed by atoms with Crippen molar-refractivity contribution in [2.24, 2.45) is 0 Å². The number of nitrogens with one attached hydrogen (secondary N) is 2. The van der Waals surface area contributed by atoms with Gasteiger partial charge < -0.3 is 25.4 Å². The number of halogens is 3. The maximum atomic E-state index is 12.0. The van der Waals surface area contributed by atoms with Gasteiger partial charge in [0.1, 0.15) is 6.10 Å². The van der Waals surface area contributed by atoms with Crippen LogP contribution in [0.15, 0.2) is 0 Å². The maximum absolute atomic E-state index is 12.0. The molecule has 0 aliphatic carbocycles. The Balaban J connectivity index is 0.000000351. The number of carboxylic acids is 1. The minimum Gasteiger partial charge on any atom is -0.475 e. The lowest BCUT2D eigenvalue weighted by atomic mass is 10.1. The summed E-state index contributed by atoms with van der Waals surface area (Å²) in [6.45, 7) is 5.57. The largest absolute Gasteiger partial charge is 0.490 e. The summed E-state index contributed by atoms with van der Waals surface area (Å²) >= 11 is 0. The summed E-state index contributed by atoms with van der Waals surface area (Å²) in [5, 5.41) is 13.4. The van der Waals surface area contributed by atoms with E-state index in [0.717, 1.165) is 32.5 Å². The highest BCUT2D eigenvalue weighted by Gasteiger charge is 2.38. The highest BCUT2D eigenvalue weighted by molar-refractivity contribution is 5.81. The standard InChI is InChI=1S/C12H23N3O2.C2HF3O2/c1-9-7-13-8-11(17-9)12(16)14-10-3-5-15(2)6-4-10;3-2(4,5)1(6)7/h9-11,13H,3-8H2,1-2H3,(H,14,16);(H,6,7)/t9-,11-;/m1./s1. The van der Waals surface area contributed by atoms with E-state index in [1.807, 2.05) is 6.92 Å². The molecule has 2 aliphatic rings. The Morgan fingerprint density at radius 2 is 1.79 bits per heavy atom. The molecule has 0 unspecified atom stereocenters. The van der Waals surface area contributed by atoms with Crippen molar-refractivity contribution in [3.05, 3.63) is 0 Å². The first-order valence-electron chi connectivity index (χ1n) is 7.74. The summed E-state index contributed by atoms with van der Waals surface area (Å²) in [5.41, 5.74) is 0. The molecule has 2 aliphatic heterocycles. The third kappa shape index (κ3) is 7.45. The maximum Gasteiger partial charge on any atom is 0.490 e. The molecule has 10 heteroatoms. The lowest BCUT2D eigenvalue weighted by molar-refractivity contribution is -0.192. The van der Waals surface area contributed by atoms with E-state index in [9.17, 15) is 18.0 Å². The van der Waals surface area contributed by atoms with Gasteiger partial charge in [0.2, 0.25) is 0 Å². The third-order valence-corrected chi connectivity index (χ3v) is 3.76. The second-order valence-electron chi connectivity index (χ2n) is 5.98. The van der Waals surface area contributed by atoms with Crippen LogP contribution >= 0.6 is 0 Å². The zero-order chi connectivity index (χ0) is 18.3. The first kappa shape index (κ1) is 20.7. The molecule has 0 bridgehead atoms. The Morgan fingerprint density at radius 3 is 2.25 bits per heavy atom. The second-order valence-corrected chi connectivity index (χ2v) is 5.98. The van der Waals surface area contributed by atoms with Gasteiger partial charge in [0.15, 0.2) is 0 Å². The van der Waals surface area contributed by atoms with E-state index < -0.39 is 12.1 Å². The summed E-state index contributed by atoms with van der Waals surface area (Å²) in [7, 11) is 2.12. The number of rotatable bonds is 2. The Kier molecular flexibility index (Phi) is 7.91. The number of likely N-dealkylation sites (tertiary alicyclic amines) is 1. The number of carboxylic acid groups (broad SMARTS) is 1. The fourth-order valence-corrected chi connectivity index (χ4v) is 2.40. The van der Waals surface area contributed by atoms with E-state index in [2.05, 4.69) is 22.6 Å². The van der Waals surface area contributed by atoms with E-state index in [1.165, 1.54) is 0 Å². The lowest BCUT2D eigenvalue weighted by Gasteiger charge is -2.32. The Bertz CT molecular complexity index is 426. The van der Waals surface area contributed by atoms with Crippen molar-refractivity contribution in [1.82, 2.24) is 15.5 Å². The van der Waals surface area contributed by atoms with Gasteiger partial charge in [-0.2, -0.15) is 13.2 Å². The fourth-order valence-electron chi connectivity index (χ4n) is 2.40. The van der Waals surface area contributed by atoms with Crippen LogP contribution in [-0.4, -0.2) is 79.5 Å². The predicted molar refractivity (Wildman–Crippen MR) is 79.6 cm³/mol. The van der Waals surface area contributed by atoms with Crippen LogP contribution < -0.4 is 10.6 Å². The molecule has 0 radical (unpaired) electrons. The quantitative estimate of drug-likeness (QED) is 0.656. The number of amides is 1. The van der Waals surface area contributed by atoms with Gasteiger partial charge in [-0.1, -0.05) is 0 Å². The molecule has 0 spiro atoms. The van der Waals surface area contributed by atoms with Crippen molar-refractivity contribution in [2.75, 3.05) is 33.2 Å². The van der Waals surface area contributed by atoms with Gasteiger partial charge in [-0.25, -0.2) is 4.79 Å². The zero-order valence-electron chi connectivity index (χ0n) is 13.7. The van der Waals surface area contributed by atoms with Gasteiger partial charge in [0, 0.05) is 19.1 Å². The number of carbonyl (C=O) groups excluding carboxylic acids is 1. The zero-order valence-corrected chi connectivity index (χ0v) is 13.7. The summed E-state index contributed by atoms with van der Waals surface area (Å²) in [4.78, 5) is 23.2. The van der Waals surface area contributed by atoms with Crippen LogP contribution in [0.1, 0.15) is 19.8 Å². The first-order valence-corrected chi connectivity index (χ1v) is 7.74. The van der Waals surface area contributed by atoms with Crippen molar-refractivity contribution in [2.45, 2.75) is 44.2 Å². The van der Waals surface area contributed by atoms with Crippen molar-refractivity contribution >= 4 is 11.9 Å². The molecule has 2 heterocycles.